The largest absolute Gasteiger partial charge is 0.279 e. The highest BCUT2D eigenvalue weighted by atomic mass is 79.9. The van der Waals surface area contributed by atoms with E-state index < -0.39 is 16.1 Å². The van der Waals surface area contributed by atoms with Crippen molar-refractivity contribution in [3.63, 3.8) is 0 Å². The SMILES string of the molecule is CC(NS(C)(=O)=O)c1nnc2n1-c1ccc(Br)cc1C(c1ccccc1Cl)=NC2. The predicted octanol–water partition coefficient (Wildman–Crippen LogP) is 3.64. The van der Waals surface area contributed by atoms with Crippen molar-refractivity contribution < 1.29 is 8.42 Å². The molecular weight excluding hydrogens is 478 g/mol. The Balaban J connectivity index is 1.92. The van der Waals surface area contributed by atoms with E-state index in [9.17, 15) is 8.42 Å². The third-order valence-corrected chi connectivity index (χ3v) is 6.10. The molecule has 0 radical (unpaired) electrons. The lowest BCUT2D eigenvalue weighted by atomic mass is 10.0. The van der Waals surface area contributed by atoms with Crippen molar-refractivity contribution in [3.8, 4) is 5.69 Å². The molecule has 1 aliphatic rings. The van der Waals surface area contributed by atoms with E-state index in [0.717, 1.165) is 33.3 Å². The topological polar surface area (TPSA) is 89.2 Å². The Labute approximate surface area is 182 Å². The van der Waals surface area contributed by atoms with Gasteiger partial charge in [0.25, 0.3) is 0 Å². The van der Waals surface area contributed by atoms with Gasteiger partial charge in [-0.1, -0.05) is 45.7 Å². The Morgan fingerprint density at radius 3 is 2.66 bits per heavy atom. The summed E-state index contributed by atoms with van der Waals surface area (Å²) in [5, 5.41) is 9.10. The molecule has 0 aliphatic carbocycles. The zero-order chi connectivity index (χ0) is 20.8. The van der Waals surface area contributed by atoms with Crippen LogP contribution in [0.25, 0.3) is 5.69 Å². The van der Waals surface area contributed by atoms with Crippen LogP contribution in [-0.2, 0) is 16.6 Å². The van der Waals surface area contributed by atoms with Crippen molar-refractivity contribution in [2.24, 2.45) is 4.99 Å². The molecule has 150 valence electrons. The van der Waals surface area contributed by atoms with E-state index in [4.69, 9.17) is 16.6 Å². The number of fused-ring (bicyclic) bond motifs is 3. The number of halogens is 2. The van der Waals surface area contributed by atoms with Gasteiger partial charge in [-0.05, 0) is 31.2 Å². The first-order valence-corrected chi connectivity index (χ1v) is 11.8. The molecule has 0 bridgehead atoms. The number of hydrogen-bond donors (Lipinski definition) is 1. The monoisotopic (exact) mass is 493 g/mol. The van der Waals surface area contributed by atoms with E-state index in [1.54, 1.807) is 6.92 Å². The van der Waals surface area contributed by atoms with Crippen molar-refractivity contribution in [1.82, 2.24) is 19.5 Å². The second-order valence-electron chi connectivity index (χ2n) is 6.73. The maximum atomic E-state index is 11.7. The van der Waals surface area contributed by atoms with Gasteiger partial charge < -0.3 is 0 Å². The standard InChI is InChI=1S/C19H17BrClN5O2S/c1-11(25-29(2,27)28)19-24-23-17-10-22-18(13-5-3-4-6-15(13)21)14-9-12(20)7-8-16(14)26(17)19/h3-9,11,25H,10H2,1-2H3. The van der Waals surface area contributed by atoms with Crippen LogP contribution in [0.15, 0.2) is 51.9 Å². The summed E-state index contributed by atoms with van der Waals surface area (Å²) in [4.78, 5) is 4.77. The minimum Gasteiger partial charge on any atom is -0.279 e. The van der Waals surface area contributed by atoms with Crippen LogP contribution in [0.2, 0.25) is 5.02 Å². The third kappa shape index (κ3) is 4.00. The second-order valence-corrected chi connectivity index (χ2v) is 9.83. The summed E-state index contributed by atoms with van der Waals surface area (Å²) in [6, 6.07) is 12.8. The third-order valence-electron chi connectivity index (χ3n) is 4.50. The summed E-state index contributed by atoms with van der Waals surface area (Å²) in [5.74, 6) is 1.11. The molecule has 1 aromatic heterocycles. The molecule has 0 spiro atoms. The van der Waals surface area contributed by atoms with Gasteiger partial charge in [-0.25, -0.2) is 13.1 Å². The summed E-state index contributed by atoms with van der Waals surface area (Å²) in [5.41, 5.74) is 3.21. The molecule has 0 fully saturated rings. The van der Waals surface area contributed by atoms with Gasteiger partial charge >= 0.3 is 0 Å². The highest BCUT2D eigenvalue weighted by molar-refractivity contribution is 9.10. The minimum atomic E-state index is -3.41. The van der Waals surface area contributed by atoms with Gasteiger partial charge in [-0.2, -0.15) is 0 Å². The molecule has 0 amide bonds. The van der Waals surface area contributed by atoms with E-state index in [-0.39, 0.29) is 6.54 Å². The van der Waals surface area contributed by atoms with Crippen LogP contribution in [0.1, 0.15) is 35.7 Å². The molecule has 1 unspecified atom stereocenters. The number of hydrogen-bond acceptors (Lipinski definition) is 5. The van der Waals surface area contributed by atoms with Crippen LogP contribution < -0.4 is 4.72 Å². The number of benzene rings is 2. The lowest BCUT2D eigenvalue weighted by molar-refractivity contribution is 0.562. The fraction of sp³-hybridized carbons (Fsp3) is 0.211. The van der Waals surface area contributed by atoms with Crippen LogP contribution in [0, 0.1) is 0 Å². The zero-order valence-electron chi connectivity index (χ0n) is 15.6. The minimum absolute atomic E-state index is 0.283. The van der Waals surface area contributed by atoms with E-state index in [1.165, 1.54) is 0 Å². The van der Waals surface area contributed by atoms with Gasteiger partial charge in [0.2, 0.25) is 10.0 Å². The highest BCUT2D eigenvalue weighted by Crippen LogP contribution is 2.31. The first kappa shape index (κ1) is 20.2. The molecular formula is C19H17BrClN5O2S. The Bertz CT molecular complexity index is 1240. The number of aliphatic imine (C=N–C) groups is 1. The Morgan fingerprint density at radius 2 is 1.93 bits per heavy atom. The van der Waals surface area contributed by atoms with Gasteiger partial charge in [-0.3, -0.25) is 9.56 Å². The Kier molecular flexibility index (Phi) is 5.32. The Hall–Kier alpha value is -2.07. The first-order valence-electron chi connectivity index (χ1n) is 8.76. The average Bonchev–Trinajstić information content (AvgIpc) is 2.99. The van der Waals surface area contributed by atoms with Gasteiger partial charge in [-0.15, -0.1) is 10.2 Å². The maximum absolute atomic E-state index is 11.7. The smallest absolute Gasteiger partial charge is 0.209 e. The number of nitrogens with zero attached hydrogens (tertiary/aromatic N) is 4. The fourth-order valence-electron chi connectivity index (χ4n) is 3.36. The molecule has 0 saturated heterocycles. The molecule has 29 heavy (non-hydrogen) atoms. The molecule has 2 heterocycles. The van der Waals surface area contributed by atoms with E-state index in [2.05, 4.69) is 30.8 Å². The van der Waals surface area contributed by atoms with Crippen LogP contribution >= 0.6 is 27.5 Å². The van der Waals surface area contributed by atoms with Gasteiger partial charge in [0, 0.05) is 20.6 Å². The molecule has 0 saturated carbocycles. The number of sulfonamides is 1. The van der Waals surface area contributed by atoms with Gasteiger partial charge in [0.1, 0.15) is 6.54 Å². The molecule has 1 atom stereocenters. The van der Waals surface area contributed by atoms with Crippen molar-refractivity contribution in [2.45, 2.75) is 19.5 Å². The van der Waals surface area contributed by atoms with E-state index in [0.29, 0.717) is 16.7 Å². The first-order chi connectivity index (χ1) is 13.7. The van der Waals surface area contributed by atoms with Crippen LogP contribution in [-0.4, -0.2) is 35.1 Å². The molecule has 2 aromatic carbocycles. The fourth-order valence-corrected chi connectivity index (χ4v) is 4.69. The van der Waals surface area contributed by atoms with E-state index >= 15 is 0 Å². The molecule has 1 aliphatic heterocycles. The van der Waals surface area contributed by atoms with Crippen molar-refractivity contribution >= 4 is 43.3 Å². The quantitative estimate of drug-likeness (QED) is 0.600. The molecule has 4 rings (SSSR count). The lowest BCUT2D eigenvalue weighted by Gasteiger charge is -2.17. The Morgan fingerprint density at radius 1 is 1.17 bits per heavy atom. The number of nitrogens with one attached hydrogen (secondary N) is 1. The normalized spacial score (nSPS) is 14.6. The predicted molar refractivity (Wildman–Crippen MR) is 116 cm³/mol. The van der Waals surface area contributed by atoms with Gasteiger partial charge in [0.15, 0.2) is 11.6 Å². The van der Waals surface area contributed by atoms with E-state index in [1.807, 2.05) is 47.0 Å². The molecule has 7 nitrogen and oxygen atoms in total. The molecule has 1 N–H and O–H groups in total. The molecule has 10 heteroatoms. The zero-order valence-corrected chi connectivity index (χ0v) is 18.8. The average molecular weight is 495 g/mol. The number of rotatable bonds is 4. The molecule has 3 aromatic rings. The number of aromatic nitrogens is 3. The summed E-state index contributed by atoms with van der Waals surface area (Å²) in [6.07, 6.45) is 1.12. The second kappa shape index (κ2) is 7.64. The van der Waals surface area contributed by atoms with Crippen LogP contribution in [0.4, 0.5) is 0 Å². The van der Waals surface area contributed by atoms with Crippen molar-refractivity contribution in [3.05, 3.63) is 74.7 Å². The summed E-state index contributed by atoms with van der Waals surface area (Å²) < 4.78 is 28.8. The highest BCUT2D eigenvalue weighted by Gasteiger charge is 2.27. The summed E-state index contributed by atoms with van der Waals surface area (Å²) in [6.45, 7) is 2.02. The maximum Gasteiger partial charge on any atom is 0.209 e. The van der Waals surface area contributed by atoms with Gasteiger partial charge in [0.05, 0.1) is 23.7 Å². The van der Waals surface area contributed by atoms with Crippen LogP contribution in [0.3, 0.4) is 0 Å². The summed E-state index contributed by atoms with van der Waals surface area (Å²) >= 11 is 9.98. The van der Waals surface area contributed by atoms with Crippen molar-refractivity contribution in [1.29, 1.82) is 0 Å². The summed E-state index contributed by atoms with van der Waals surface area (Å²) in [7, 11) is -3.41. The van der Waals surface area contributed by atoms with Crippen molar-refractivity contribution in [2.75, 3.05) is 6.26 Å². The lowest BCUT2D eigenvalue weighted by Crippen LogP contribution is -2.27. The van der Waals surface area contributed by atoms with Crippen LogP contribution in [0.5, 0.6) is 0 Å².